The van der Waals surface area contributed by atoms with Gasteiger partial charge in [-0.05, 0) is 50.7 Å². The molecule has 2 aliphatic rings. The van der Waals surface area contributed by atoms with Gasteiger partial charge in [-0.15, -0.1) is 11.8 Å². The van der Waals surface area contributed by atoms with Crippen molar-refractivity contribution in [1.29, 1.82) is 0 Å². The number of esters is 1. The van der Waals surface area contributed by atoms with E-state index in [0.29, 0.717) is 18.3 Å². The van der Waals surface area contributed by atoms with E-state index in [4.69, 9.17) is 4.74 Å². The number of hydrogen-bond donors (Lipinski definition) is 1. The number of anilines is 2. The molecule has 30 heavy (non-hydrogen) atoms. The number of carbonyl (C=O) groups excluding carboxylic acids is 2. The molecule has 3 heterocycles. The molecule has 1 fully saturated rings. The van der Waals surface area contributed by atoms with Gasteiger partial charge >= 0.3 is 12.0 Å². The summed E-state index contributed by atoms with van der Waals surface area (Å²) in [4.78, 5) is 33.1. The van der Waals surface area contributed by atoms with Gasteiger partial charge < -0.3 is 9.64 Å². The zero-order valence-corrected chi connectivity index (χ0v) is 20.0. The lowest BCUT2D eigenvalue weighted by molar-refractivity contribution is -0.139. The van der Waals surface area contributed by atoms with E-state index in [1.54, 1.807) is 13.1 Å². The van der Waals surface area contributed by atoms with Crippen molar-refractivity contribution < 1.29 is 14.3 Å². The van der Waals surface area contributed by atoms with Gasteiger partial charge in [0.05, 0.1) is 22.8 Å². The molecule has 4 rings (SSSR count). The zero-order chi connectivity index (χ0) is 21.3. The van der Waals surface area contributed by atoms with Crippen LogP contribution in [0.4, 0.5) is 15.6 Å². The third-order valence-electron chi connectivity index (χ3n) is 5.41. The third kappa shape index (κ3) is 4.37. The molecular formula is C20H23BrN4O3S2. The van der Waals surface area contributed by atoms with E-state index in [9.17, 15) is 9.59 Å². The number of carbonyl (C=O) groups is 2. The van der Waals surface area contributed by atoms with Gasteiger partial charge in [0.2, 0.25) is 0 Å². The Balaban J connectivity index is 1.46. The second kappa shape index (κ2) is 8.86. The molecule has 0 radical (unpaired) electrons. The SMILES string of the molecule is CCOC(=O)CSc1cnc(NC(=O)N2C[C@]3(CCN(C)C3)c3cc(Br)ccc32)s1. The molecule has 1 saturated heterocycles. The van der Waals surface area contributed by atoms with Gasteiger partial charge in [-0.25, -0.2) is 9.78 Å². The van der Waals surface area contributed by atoms with E-state index in [1.165, 1.54) is 28.7 Å². The van der Waals surface area contributed by atoms with Crippen LogP contribution in [0, 0.1) is 0 Å². The van der Waals surface area contributed by atoms with E-state index < -0.39 is 0 Å². The maximum absolute atomic E-state index is 13.1. The second-order valence-corrected chi connectivity index (χ2v) is 10.7. The highest BCUT2D eigenvalue weighted by Crippen LogP contribution is 2.47. The van der Waals surface area contributed by atoms with Crippen LogP contribution in [0.5, 0.6) is 0 Å². The fourth-order valence-electron chi connectivity index (χ4n) is 4.13. The number of hydrogen-bond acceptors (Lipinski definition) is 7. The van der Waals surface area contributed by atoms with Crippen LogP contribution < -0.4 is 10.2 Å². The number of likely N-dealkylation sites (N-methyl/N-ethyl adjacent to an activating group) is 1. The number of thiazole rings is 1. The maximum atomic E-state index is 13.1. The number of ether oxygens (including phenoxy) is 1. The van der Waals surface area contributed by atoms with E-state index in [0.717, 1.165) is 33.9 Å². The van der Waals surface area contributed by atoms with Crippen molar-refractivity contribution in [1.82, 2.24) is 9.88 Å². The number of urea groups is 1. The Kier molecular flexibility index (Phi) is 6.38. The van der Waals surface area contributed by atoms with Crippen molar-refractivity contribution in [3.63, 3.8) is 0 Å². The number of fused-ring (bicyclic) bond motifs is 2. The van der Waals surface area contributed by atoms with Crippen molar-refractivity contribution in [2.45, 2.75) is 23.0 Å². The van der Waals surface area contributed by atoms with E-state index in [2.05, 4.69) is 44.2 Å². The fraction of sp³-hybridized carbons (Fsp3) is 0.450. The molecule has 0 unspecified atom stereocenters. The first-order valence-corrected chi connectivity index (χ1v) is 12.3. The minimum atomic E-state index is -0.256. The number of aromatic nitrogens is 1. The number of nitrogens with one attached hydrogen (secondary N) is 1. The van der Waals surface area contributed by atoms with Gasteiger partial charge in [0.15, 0.2) is 5.13 Å². The molecule has 160 valence electrons. The Bertz CT molecular complexity index is 969. The van der Waals surface area contributed by atoms with Crippen molar-refractivity contribution in [3.05, 3.63) is 34.4 Å². The summed E-state index contributed by atoms with van der Waals surface area (Å²) in [5.74, 6) is -0.0263. The molecule has 0 aliphatic carbocycles. The predicted octanol–water partition coefficient (Wildman–Crippen LogP) is 4.19. The topological polar surface area (TPSA) is 74.8 Å². The number of thioether (sulfide) groups is 1. The predicted molar refractivity (Wildman–Crippen MR) is 124 cm³/mol. The standard InChI is InChI=1S/C20H23BrN4O3S2/c1-3-28-16(26)10-29-17-9-22-18(30-17)23-19(27)25-12-20(6-7-24(2)11-20)14-8-13(21)4-5-15(14)25/h4-5,8-9H,3,6-7,10-12H2,1-2H3,(H,22,23,27)/t20-/m1/s1. The molecule has 0 bridgehead atoms. The lowest BCUT2D eigenvalue weighted by Gasteiger charge is -2.25. The van der Waals surface area contributed by atoms with Crippen molar-refractivity contribution in [3.8, 4) is 0 Å². The van der Waals surface area contributed by atoms with Crippen LogP contribution in [-0.4, -0.2) is 60.9 Å². The molecule has 2 amide bonds. The van der Waals surface area contributed by atoms with E-state index >= 15 is 0 Å². The highest BCUT2D eigenvalue weighted by molar-refractivity contribution is 9.10. The highest BCUT2D eigenvalue weighted by Gasteiger charge is 2.48. The monoisotopic (exact) mass is 510 g/mol. The Morgan fingerprint density at radius 2 is 2.23 bits per heavy atom. The largest absolute Gasteiger partial charge is 0.465 e. The van der Waals surface area contributed by atoms with Crippen molar-refractivity contribution in [2.24, 2.45) is 0 Å². The Morgan fingerprint density at radius 1 is 1.40 bits per heavy atom. The van der Waals surface area contributed by atoms with Gasteiger partial charge in [-0.3, -0.25) is 15.0 Å². The Hall–Kier alpha value is -1.62. The summed E-state index contributed by atoms with van der Waals surface area (Å²) in [6.07, 6.45) is 2.70. The maximum Gasteiger partial charge on any atom is 0.328 e. The number of nitrogens with zero attached hydrogens (tertiary/aromatic N) is 3. The number of rotatable bonds is 5. The molecule has 1 spiro atoms. The van der Waals surface area contributed by atoms with Crippen LogP contribution in [0.1, 0.15) is 18.9 Å². The van der Waals surface area contributed by atoms with Crippen LogP contribution >= 0.6 is 39.0 Å². The number of amides is 2. The summed E-state index contributed by atoms with van der Waals surface area (Å²) in [6.45, 7) is 4.77. The highest BCUT2D eigenvalue weighted by atomic mass is 79.9. The summed E-state index contributed by atoms with van der Waals surface area (Å²) in [5, 5.41) is 3.45. The number of halogens is 1. The quantitative estimate of drug-likeness (QED) is 0.480. The number of benzene rings is 1. The summed E-state index contributed by atoms with van der Waals surface area (Å²) in [7, 11) is 2.13. The van der Waals surface area contributed by atoms with Crippen molar-refractivity contribution in [2.75, 3.05) is 49.3 Å². The average molecular weight is 511 g/mol. The first kappa shape index (κ1) is 21.6. The minimum Gasteiger partial charge on any atom is -0.465 e. The van der Waals surface area contributed by atoms with E-state index in [-0.39, 0.29) is 23.2 Å². The van der Waals surface area contributed by atoms with Crippen LogP contribution in [0.25, 0.3) is 0 Å². The number of likely N-dealkylation sites (tertiary alicyclic amines) is 1. The Morgan fingerprint density at radius 3 is 2.97 bits per heavy atom. The summed E-state index contributed by atoms with van der Waals surface area (Å²) < 4.78 is 6.83. The molecule has 1 N–H and O–H groups in total. The van der Waals surface area contributed by atoms with Gasteiger partial charge in [0, 0.05) is 28.7 Å². The van der Waals surface area contributed by atoms with Gasteiger partial charge in [0.1, 0.15) is 0 Å². The smallest absolute Gasteiger partial charge is 0.328 e. The lowest BCUT2D eigenvalue weighted by atomic mass is 9.82. The summed E-state index contributed by atoms with van der Waals surface area (Å²) in [5.41, 5.74) is 2.15. The van der Waals surface area contributed by atoms with Gasteiger partial charge in [0.25, 0.3) is 0 Å². The van der Waals surface area contributed by atoms with E-state index in [1.807, 2.05) is 17.0 Å². The lowest BCUT2D eigenvalue weighted by Crippen LogP contribution is -2.40. The first-order chi connectivity index (χ1) is 14.4. The molecule has 2 aromatic rings. The molecular weight excluding hydrogens is 488 g/mol. The van der Waals surface area contributed by atoms with Crippen LogP contribution in [0.3, 0.4) is 0 Å². The molecule has 1 atom stereocenters. The molecule has 10 heteroatoms. The molecule has 2 aliphatic heterocycles. The normalized spacial score (nSPS) is 20.6. The summed E-state index contributed by atoms with van der Waals surface area (Å²) in [6, 6.07) is 5.95. The zero-order valence-electron chi connectivity index (χ0n) is 16.8. The second-order valence-electron chi connectivity index (χ2n) is 7.52. The molecule has 7 nitrogen and oxygen atoms in total. The molecule has 1 aromatic heterocycles. The Labute approximate surface area is 192 Å². The minimum absolute atomic E-state index is 0.0330. The molecule has 1 aromatic carbocycles. The van der Waals surface area contributed by atoms with Gasteiger partial charge in [-0.1, -0.05) is 27.3 Å². The van der Waals surface area contributed by atoms with Crippen LogP contribution in [-0.2, 0) is 14.9 Å². The van der Waals surface area contributed by atoms with Crippen LogP contribution in [0.2, 0.25) is 0 Å². The summed E-state index contributed by atoms with van der Waals surface area (Å²) >= 11 is 6.30. The van der Waals surface area contributed by atoms with Crippen molar-refractivity contribution >= 4 is 61.8 Å². The fourth-order valence-corrected chi connectivity index (χ4v) is 6.15. The van der Waals surface area contributed by atoms with Gasteiger partial charge in [-0.2, -0.15) is 0 Å². The first-order valence-electron chi connectivity index (χ1n) is 9.71. The average Bonchev–Trinajstić information content (AvgIpc) is 3.39. The van der Waals surface area contributed by atoms with Crippen LogP contribution in [0.15, 0.2) is 33.1 Å². The molecule has 0 saturated carbocycles. The third-order valence-corrected chi connectivity index (χ3v) is 7.98.